The molecule has 1 heterocycles. The first-order valence-corrected chi connectivity index (χ1v) is 8.24. The van der Waals surface area contributed by atoms with Crippen LogP contribution >= 0.6 is 0 Å². The average molecular weight is 283 g/mol. The van der Waals surface area contributed by atoms with Gasteiger partial charge in [0.25, 0.3) is 0 Å². The molecule has 0 bridgehead atoms. The number of unbranched alkanes of at least 4 members (excludes halogenated alkanes) is 2. The summed E-state index contributed by atoms with van der Waals surface area (Å²) in [5.74, 6) is 0. The second kappa shape index (κ2) is 9.33. The van der Waals surface area contributed by atoms with E-state index in [1.807, 2.05) is 26.1 Å². The van der Waals surface area contributed by atoms with Gasteiger partial charge >= 0.3 is 0 Å². The number of aromatic nitrogens is 1. The van der Waals surface area contributed by atoms with Crippen LogP contribution in [0.15, 0.2) is 54.7 Å². The van der Waals surface area contributed by atoms with Gasteiger partial charge < -0.3 is 0 Å². The van der Waals surface area contributed by atoms with Crippen LogP contribution in [0.2, 0.25) is 0 Å². The van der Waals surface area contributed by atoms with E-state index in [4.69, 9.17) is 0 Å². The summed E-state index contributed by atoms with van der Waals surface area (Å²) in [4.78, 5) is 4.61. The Balaban J connectivity index is 0.00000106. The van der Waals surface area contributed by atoms with Crippen LogP contribution in [0, 0.1) is 0 Å². The van der Waals surface area contributed by atoms with Crippen molar-refractivity contribution >= 4 is 0 Å². The fourth-order valence-corrected chi connectivity index (χ4v) is 2.64. The summed E-state index contributed by atoms with van der Waals surface area (Å²) < 4.78 is 0. The molecular weight excluding hydrogens is 254 g/mol. The highest BCUT2D eigenvalue weighted by molar-refractivity contribution is 5.34. The minimum absolute atomic E-state index is 0.0255. The number of hydrogen-bond acceptors (Lipinski definition) is 1. The van der Waals surface area contributed by atoms with Gasteiger partial charge in [-0.15, -0.1) is 0 Å². The zero-order chi connectivity index (χ0) is 15.6. The standard InChI is InChI=1S/C18H23N.C2H6/c1-3-4-9-14-18(2,16-11-6-5-7-12-16)17-13-8-10-15-19-17;1-2/h5-8,10-13,15H,3-4,9,14H2,1-2H3;1-2H3/t18-;/m1./s1. The first-order valence-electron chi connectivity index (χ1n) is 8.24. The molecule has 0 saturated heterocycles. The van der Waals surface area contributed by atoms with Crippen molar-refractivity contribution in [1.29, 1.82) is 0 Å². The van der Waals surface area contributed by atoms with Crippen molar-refractivity contribution in [2.75, 3.05) is 0 Å². The number of hydrogen-bond donors (Lipinski definition) is 0. The monoisotopic (exact) mass is 283 g/mol. The molecule has 1 nitrogen and oxygen atoms in total. The van der Waals surface area contributed by atoms with E-state index in [1.165, 1.54) is 30.5 Å². The molecule has 0 fully saturated rings. The van der Waals surface area contributed by atoms with E-state index in [9.17, 15) is 0 Å². The van der Waals surface area contributed by atoms with E-state index < -0.39 is 0 Å². The van der Waals surface area contributed by atoms with E-state index in [2.05, 4.69) is 61.3 Å². The molecule has 0 N–H and O–H groups in total. The van der Waals surface area contributed by atoms with E-state index >= 15 is 0 Å². The van der Waals surface area contributed by atoms with Gasteiger partial charge in [-0.2, -0.15) is 0 Å². The van der Waals surface area contributed by atoms with Crippen molar-refractivity contribution in [3.8, 4) is 0 Å². The molecule has 1 aromatic carbocycles. The molecule has 0 unspecified atom stereocenters. The molecule has 0 spiro atoms. The summed E-state index contributed by atoms with van der Waals surface area (Å²) in [5.41, 5.74) is 2.57. The van der Waals surface area contributed by atoms with Gasteiger partial charge in [0, 0.05) is 11.6 Å². The minimum atomic E-state index is 0.0255. The molecule has 0 aliphatic carbocycles. The minimum Gasteiger partial charge on any atom is -0.260 e. The maximum atomic E-state index is 4.61. The molecule has 0 saturated carbocycles. The zero-order valence-corrected chi connectivity index (χ0v) is 14.0. The third-order valence-electron chi connectivity index (χ3n) is 3.92. The lowest BCUT2D eigenvalue weighted by Gasteiger charge is -2.30. The molecule has 1 heteroatoms. The van der Waals surface area contributed by atoms with Crippen molar-refractivity contribution in [1.82, 2.24) is 4.98 Å². The summed E-state index contributed by atoms with van der Waals surface area (Å²) in [6.45, 7) is 8.57. The molecule has 0 radical (unpaired) electrons. The van der Waals surface area contributed by atoms with Crippen molar-refractivity contribution in [3.63, 3.8) is 0 Å². The molecule has 2 rings (SSSR count). The smallest absolute Gasteiger partial charge is 0.0506 e. The molecule has 21 heavy (non-hydrogen) atoms. The van der Waals surface area contributed by atoms with Gasteiger partial charge in [-0.05, 0) is 31.0 Å². The summed E-state index contributed by atoms with van der Waals surface area (Å²) in [6.07, 6.45) is 6.85. The molecule has 0 aliphatic heterocycles. The zero-order valence-electron chi connectivity index (χ0n) is 14.0. The van der Waals surface area contributed by atoms with Crippen molar-refractivity contribution in [3.05, 3.63) is 66.0 Å². The van der Waals surface area contributed by atoms with Gasteiger partial charge in [-0.1, -0.05) is 76.4 Å². The quantitative estimate of drug-likeness (QED) is 0.593. The van der Waals surface area contributed by atoms with Crippen LogP contribution in [0.3, 0.4) is 0 Å². The average Bonchev–Trinajstić information content (AvgIpc) is 2.58. The number of pyridine rings is 1. The Morgan fingerprint density at radius 3 is 2.14 bits per heavy atom. The van der Waals surface area contributed by atoms with Crippen LogP contribution in [0.4, 0.5) is 0 Å². The first-order chi connectivity index (χ1) is 10.3. The second-order valence-corrected chi connectivity index (χ2v) is 5.37. The van der Waals surface area contributed by atoms with E-state index in [-0.39, 0.29) is 5.41 Å². The fraction of sp³-hybridized carbons (Fsp3) is 0.450. The van der Waals surface area contributed by atoms with Crippen molar-refractivity contribution in [2.45, 2.75) is 58.8 Å². The topological polar surface area (TPSA) is 12.9 Å². The van der Waals surface area contributed by atoms with Crippen LogP contribution in [0.1, 0.15) is 64.6 Å². The Morgan fingerprint density at radius 2 is 1.57 bits per heavy atom. The number of rotatable bonds is 6. The van der Waals surface area contributed by atoms with E-state index in [1.54, 1.807) is 0 Å². The third kappa shape index (κ3) is 4.70. The highest BCUT2D eigenvalue weighted by atomic mass is 14.7. The molecule has 1 atom stereocenters. The Bertz CT molecular complexity index is 436. The van der Waals surface area contributed by atoms with Gasteiger partial charge in [0.15, 0.2) is 0 Å². The molecule has 0 aliphatic rings. The lowest BCUT2D eigenvalue weighted by Crippen LogP contribution is -2.24. The van der Waals surface area contributed by atoms with Gasteiger partial charge in [0.2, 0.25) is 0 Å². The Kier molecular flexibility index (Phi) is 7.74. The van der Waals surface area contributed by atoms with E-state index in [0.717, 1.165) is 6.42 Å². The molecule has 2 aromatic rings. The Labute approximate surface area is 130 Å². The normalized spacial score (nSPS) is 13.0. The van der Waals surface area contributed by atoms with Crippen molar-refractivity contribution < 1.29 is 0 Å². The summed E-state index contributed by atoms with van der Waals surface area (Å²) in [6, 6.07) is 17.0. The summed E-state index contributed by atoms with van der Waals surface area (Å²) >= 11 is 0. The van der Waals surface area contributed by atoms with Gasteiger partial charge in [0.05, 0.1) is 5.69 Å². The summed E-state index contributed by atoms with van der Waals surface area (Å²) in [5, 5.41) is 0. The van der Waals surface area contributed by atoms with Gasteiger partial charge in [-0.25, -0.2) is 0 Å². The van der Waals surface area contributed by atoms with Crippen LogP contribution < -0.4 is 0 Å². The number of nitrogens with zero attached hydrogens (tertiary/aromatic N) is 1. The predicted octanol–water partition coefficient (Wildman–Crippen LogP) is 5.99. The third-order valence-corrected chi connectivity index (χ3v) is 3.92. The molecule has 0 amide bonds. The van der Waals surface area contributed by atoms with Crippen LogP contribution in [-0.2, 0) is 5.41 Å². The van der Waals surface area contributed by atoms with Crippen LogP contribution in [-0.4, -0.2) is 4.98 Å². The maximum absolute atomic E-state index is 4.61. The van der Waals surface area contributed by atoms with Crippen molar-refractivity contribution in [2.24, 2.45) is 0 Å². The predicted molar refractivity (Wildman–Crippen MR) is 92.6 cm³/mol. The molecule has 114 valence electrons. The lowest BCUT2D eigenvalue weighted by molar-refractivity contribution is 0.472. The fourth-order valence-electron chi connectivity index (χ4n) is 2.64. The SMILES string of the molecule is CC.CCCCC[C@](C)(c1ccccc1)c1ccccn1. The largest absolute Gasteiger partial charge is 0.260 e. The Hall–Kier alpha value is -1.63. The van der Waals surface area contributed by atoms with E-state index in [0.29, 0.717) is 0 Å². The lowest BCUT2D eigenvalue weighted by atomic mass is 9.75. The molecular formula is C20H29N. The van der Waals surface area contributed by atoms with Gasteiger partial charge in [0.1, 0.15) is 0 Å². The highest BCUT2D eigenvalue weighted by Gasteiger charge is 2.29. The maximum Gasteiger partial charge on any atom is 0.0506 e. The van der Waals surface area contributed by atoms with Crippen LogP contribution in [0.5, 0.6) is 0 Å². The molecule has 1 aromatic heterocycles. The van der Waals surface area contributed by atoms with Gasteiger partial charge in [-0.3, -0.25) is 4.98 Å². The first kappa shape index (κ1) is 17.4. The number of benzene rings is 1. The second-order valence-electron chi connectivity index (χ2n) is 5.37. The highest BCUT2D eigenvalue weighted by Crippen LogP contribution is 2.35. The Morgan fingerprint density at radius 1 is 0.905 bits per heavy atom. The van der Waals surface area contributed by atoms with Crippen LogP contribution in [0.25, 0.3) is 0 Å². The summed E-state index contributed by atoms with van der Waals surface area (Å²) in [7, 11) is 0.